The van der Waals surface area contributed by atoms with Crippen LogP contribution in [0.15, 0.2) is 73.1 Å². The third-order valence-corrected chi connectivity index (χ3v) is 4.79. The zero-order valence-corrected chi connectivity index (χ0v) is 15.8. The van der Waals surface area contributed by atoms with Crippen molar-refractivity contribution in [1.82, 2.24) is 9.88 Å². The summed E-state index contributed by atoms with van der Waals surface area (Å²) in [5.41, 5.74) is 2.18. The molecule has 0 unspecified atom stereocenters. The van der Waals surface area contributed by atoms with Crippen LogP contribution in [-0.2, 0) is 17.8 Å². The van der Waals surface area contributed by atoms with E-state index in [1.54, 1.807) is 12.1 Å². The molecule has 3 aromatic rings. The van der Waals surface area contributed by atoms with E-state index in [0.717, 1.165) is 24.1 Å². The molecule has 3 rings (SSSR count). The van der Waals surface area contributed by atoms with Gasteiger partial charge in [-0.3, -0.25) is 4.79 Å². The van der Waals surface area contributed by atoms with Crippen LogP contribution in [0.5, 0.6) is 5.75 Å². The highest BCUT2D eigenvalue weighted by Crippen LogP contribution is 2.24. The van der Waals surface area contributed by atoms with Crippen molar-refractivity contribution in [2.24, 2.45) is 0 Å². The summed E-state index contributed by atoms with van der Waals surface area (Å²) >= 11 is 6.00. The van der Waals surface area contributed by atoms with E-state index in [4.69, 9.17) is 11.6 Å². The van der Waals surface area contributed by atoms with Crippen LogP contribution >= 0.6 is 11.6 Å². The number of phenolic OH excluding ortho intramolecular Hbond substituents is 1. The number of benzene rings is 2. The Morgan fingerprint density at radius 2 is 1.70 bits per heavy atom. The number of hydrogen-bond donors (Lipinski definition) is 2. The van der Waals surface area contributed by atoms with Crippen LogP contribution in [0.25, 0.3) is 0 Å². The lowest BCUT2D eigenvalue weighted by Gasteiger charge is -2.18. The summed E-state index contributed by atoms with van der Waals surface area (Å²) in [4.78, 5) is 12.5. The molecule has 5 heteroatoms. The fourth-order valence-corrected chi connectivity index (χ4v) is 3.20. The maximum absolute atomic E-state index is 12.5. The van der Waals surface area contributed by atoms with E-state index in [1.807, 2.05) is 60.9 Å². The molecule has 1 aromatic heterocycles. The SMILES string of the molecule is O=C(C[C@@H](Cn1cccc1)c1ccc(Cl)cc1)NCCc1ccc(O)cc1. The third-order valence-electron chi connectivity index (χ3n) is 4.54. The van der Waals surface area contributed by atoms with E-state index in [0.29, 0.717) is 18.0 Å². The van der Waals surface area contributed by atoms with Crippen molar-refractivity contribution in [3.8, 4) is 5.75 Å². The molecule has 0 saturated carbocycles. The maximum atomic E-state index is 12.5. The van der Waals surface area contributed by atoms with Gasteiger partial charge in [0.1, 0.15) is 5.75 Å². The molecule has 2 aromatic carbocycles. The second-order valence-corrected chi connectivity index (χ2v) is 7.04. The van der Waals surface area contributed by atoms with Crippen molar-refractivity contribution in [3.05, 3.63) is 89.2 Å². The topological polar surface area (TPSA) is 54.3 Å². The number of nitrogens with zero attached hydrogens (tertiary/aromatic N) is 1. The summed E-state index contributed by atoms with van der Waals surface area (Å²) < 4.78 is 2.09. The molecule has 0 fully saturated rings. The number of phenols is 1. The van der Waals surface area contributed by atoms with Gasteiger partial charge in [-0.2, -0.15) is 0 Å². The van der Waals surface area contributed by atoms with E-state index in [2.05, 4.69) is 9.88 Å². The summed E-state index contributed by atoms with van der Waals surface area (Å²) in [5.74, 6) is 0.350. The number of amides is 1. The van der Waals surface area contributed by atoms with E-state index in [1.165, 1.54) is 0 Å². The van der Waals surface area contributed by atoms with Crippen molar-refractivity contribution < 1.29 is 9.90 Å². The van der Waals surface area contributed by atoms with Gasteiger partial charge in [0.2, 0.25) is 5.91 Å². The van der Waals surface area contributed by atoms with Crippen LogP contribution in [-0.4, -0.2) is 22.1 Å². The molecule has 1 amide bonds. The molecule has 4 nitrogen and oxygen atoms in total. The molecule has 0 saturated heterocycles. The number of rotatable bonds is 8. The smallest absolute Gasteiger partial charge is 0.220 e. The van der Waals surface area contributed by atoms with E-state index >= 15 is 0 Å². The predicted octanol–water partition coefficient (Wildman–Crippen LogP) is 4.38. The van der Waals surface area contributed by atoms with Crippen molar-refractivity contribution in [3.63, 3.8) is 0 Å². The fraction of sp³-hybridized carbons (Fsp3) is 0.227. The number of aromatic nitrogens is 1. The first-order valence-electron chi connectivity index (χ1n) is 9.01. The highest BCUT2D eigenvalue weighted by atomic mass is 35.5. The lowest BCUT2D eigenvalue weighted by molar-refractivity contribution is -0.121. The van der Waals surface area contributed by atoms with Gasteiger partial charge in [-0.05, 0) is 53.9 Å². The van der Waals surface area contributed by atoms with Gasteiger partial charge in [-0.25, -0.2) is 0 Å². The number of carbonyl (C=O) groups excluding carboxylic acids is 1. The second-order valence-electron chi connectivity index (χ2n) is 6.60. The zero-order chi connectivity index (χ0) is 19.1. The van der Waals surface area contributed by atoms with Gasteiger partial charge in [0.25, 0.3) is 0 Å². The molecule has 0 aliphatic heterocycles. The van der Waals surface area contributed by atoms with Crippen LogP contribution in [0.3, 0.4) is 0 Å². The molecule has 0 spiro atoms. The summed E-state index contributed by atoms with van der Waals surface area (Å²) in [7, 11) is 0. The molecule has 0 aliphatic rings. The van der Waals surface area contributed by atoms with E-state index in [-0.39, 0.29) is 17.6 Å². The van der Waals surface area contributed by atoms with E-state index < -0.39 is 0 Å². The molecular formula is C22H23ClN2O2. The average Bonchev–Trinajstić information content (AvgIpc) is 3.17. The average molecular weight is 383 g/mol. The van der Waals surface area contributed by atoms with Gasteiger partial charge in [0.05, 0.1) is 0 Å². The van der Waals surface area contributed by atoms with E-state index in [9.17, 15) is 9.90 Å². The Kier molecular flexibility index (Phi) is 6.55. The first-order chi connectivity index (χ1) is 13.1. The fourth-order valence-electron chi connectivity index (χ4n) is 3.07. The largest absolute Gasteiger partial charge is 0.508 e. The Labute approximate surface area is 164 Å². The molecular weight excluding hydrogens is 360 g/mol. The number of halogens is 1. The summed E-state index contributed by atoms with van der Waals surface area (Å²) in [6.07, 6.45) is 5.15. The molecule has 0 bridgehead atoms. The standard InChI is InChI=1S/C22H23ClN2O2/c23-20-7-5-18(6-8-20)19(16-25-13-1-2-14-25)15-22(27)24-12-11-17-3-9-21(26)10-4-17/h1-10,13-14,19,26H,11-12,15-16H2,(H,24,27)/t19-/m0/s1. The van der Waals surface area contributed by atoms with Gasteiger partial charge < -0.3 is 15.0 Å². The quantitative estimate of drug-likeness (QED) is 0.607. The Hall–Kier alpha value is -2.72. The van der Waals surface area contributed by atoms with Crippen molar-refractivity contribution in [1.29, 1.82) is 0 Å². The molecule has 1 heterocycles. The molecule has 0 aliphatic carbocycles. The molecule has 0 radical (unpaired) electrons. The Balaban J connectivity index is 1.58. The molecule has 140 valence electrons. The van der Waals surface area contributed by atoms with Gasteiger partial charge >= 0.3 is 0 Å². The van der Waals surface area contributed by atoms with Crippen molar-refractivity contribution >= 4 is 17.5 Å². The zero-order valence-electron chi connectivity index (χ0n) is 15.0. The van der Waals surface area contributed by atoms with Crippen LogP contribution < -0.4 is 5.32 Å². The monoisotopic (exact) mass is 382 g/mol. The summed E-state index contributed by atoms with van der Waals surface area (Å²) in [6.45, 7) is 1.31. The highest BCUT2D eigenvalue weighted by molar-refractivity contribution is 6.30. The molecule has 1 atom stereocenters. The first-order valence-corrected chi connectivity index (χ1v) is 9.39. The third kappa shape index (κ3) is 5.90. The van der Waals surface area contributed by atoms with Crippen molar-refractivity contribution in [2.75, 3.05) is 6.54 Å². The van der Waals surface area contributed by atoms with Crippen molar-refractivity contribution in [2.45, 2.75) is 25.3 Å². The predicted molar refractivity (Wildman–Crippen MR) is 108 cm³/mol. The molecule has 2 N–H and O–H groups in total. The van der Waals surface area contributed by atoms with Crippen LogP contribution in [0.1, 0.15) is 23.5 Å². The Morgan fingerprint density at radius 3 is 2.37 bits per heavy atom. The van der Waals surface area contributed by atoms with Crippen LogP contribution in [0.4, 0.5) is 0 Å². The highest BCUT2D eigenvalue weighted by Gasteiger charge is 2.16. The normalized spacial score (nSPS) is 11.9. The van der Waals surface area contributed by atoms with Gasteiger partial charge in [-0.15, -0.1) is 0 Å². The number of carbonyl (C=O) groups is 1. The minimum Gasteiger partial charge on any atom is -0.508 e. The number of aromatic hydroxyl groups is 1. The Bertz CT molecular complexity index is 843. The lowest BCUT2D eigenvalue weighted by Crippen LogP contribution is -2.28. The Morgan fingerprint density at radius 1 is 1.04 bits per heavy atom. The van der Waals surface area contributed by atoms with Gasteiger partial charge in [-0.1, -0.05) is 35.9 Å². The van der Waals surface area contributed by atoms with Crippen LogP contribution in [0.2, 0.25) is 5.02 Å². The minimum absolute atomic E-state index is 0.0286. The lowest BCUT2D eigenvalue weighted by atomic mass is 9.95. The van der Waals surface area contributed by atoms with Crippen LogP contribution in [0, 0.1) is 0 Å². The summed E-state index contributed by atoms with van der Waals surface area (Å²) in [6, 6.07) is 18.7. The van der Waals surface area contributed by atoms with Gasteiger partial charge in [0.15, 0.2) is 0 Å². The number of hydrogen-bond acceptors (Lipinski definition) is 2. The number of nitrogens with one attached hydrogen (secondary N) is 1. The first kappa shape index (κ1) is 19.1. The maximum Gasteiger partial charge on any atom is 0.220 e. The second kappa shape index (κ2) is 9.28. The van der Waals surface area contributed by atoms with Gasteiger partial charge in [0, 0.05) is 42.8 Å². The molecule has 27 heavy (non-hydrogen) atoms. The summed E-state index contributed by atoms with van der Waals surface area (Å²) in [5, 5.41) is 13.0. The minimum atomic E-state index is 0.0286.